The number of carbonyl (C=O) groups is 2. The van der Waals surface area contributed by atoms with Crippen LogP contribution in [0, 0.1) is 0 Å². The summed E-state index contributed by atoms with van der Waals surface area (Å²) in [5, 5.41) is 2.55. The van der Waals surface area contributed by atoms with E-state index in [4.69, 9.17) is 0 Å². The lowest BCUT2D eigenvalue weighted by molar-refractivity contribution is -0.140. The molecule has 1 rings (SSSR count). The Hall–Kier alpha value is -1.93. The molecule has 8 heteroatoms. The van der Waals surface area contributed by atoms with Crippen LogP contribution in [-0.2, 0) is 24.3 Å². The number of nitrogens with one attached hydrogen (secondary N) is 1. The van der Waals surface area contributed by atoms with E-state index in [2.05, 4.69) is 10.1 Å². The first-order valence-corrected chi connectivity index (χ1v) is 7.70. The van der Waals surface area contributed by atoms with Gasteiger partial charge in [-0.05, 0) is 24.3 Å². The average Bonchev–Trinajstić information content (AvgIpc) is 2.44. The summed E-state index contributed by atoms with van der Waals surface area (Å²) in [5.74, 6) is -0.873. The van der Waals surface area contributed by atoms with Crippen LogP contribution in [0.2, 0.25) is 0 Å². The monoisotopic (exact) mass is 314 g/mol. The van der Waals surface area contributed by atoms with Gasteiger partial charge in [0.25, 0.3) is 0 Å². The zero-order valence-electron chi connectivity index (χ0n) is 12.1. The van der Waals surface area contributed by atoms with Crippen molar-refractivity contribution in [2.24, 2.45) is 0 Å². The first kappa shape index (κ1) is 17.1. The van der Waals surface area contributed by atoms with Crippen LogP contribution in [0.4, 0.5) is 5.69 Å². The second-order valence-electron chi connectivity index (χ2n) is 4.21. The van der Waals surface area contributed by atoms with Crippen molar-refractivity contribution in [1.29, 1.82) is 0 Å². The average molecular weight is 314 g/mol. The highest BCUT2D eigenvalue weighted by Crippen LogP contribution is 2.18. The number of sulfonamides is 1. The largest absolute Gasteiger partial charge is 0.468 e. The predicted octanol–water partition coefficient (Wildman–Crippen LogP) is 0.829. The van der Waals surface area contributed by atoms with E-state index in [1.807, 2.05) is 0 Å². The number of rotatable bonds is 6. The fourth-order valence-electron chi connectivity index (χ4n) is 1.64. The Bertz CT molecular complexity index is 610. The number of ether oxygens (including phenoxy) is 1. The molecule has 1 aromatic carbocycles. The van der Waals surface area contributed by atoms with Gasteiger partial charge < -0.3 is 10.1 Å². The van der Waals surface area contributed by atoms with Crippen molar-refractivity contribution < 1.29 is 22.7 Å². The highest BCUT2D eigenvalue weighted by Gasteiger charge is 2.25. The molecule has 7 nitrogen and oxygen atoms in total. The molecule has 0 heterocycles. The maximum atomic E-state index is 12.4. The van der Waals surface area contributed by atoms with E-state index in [0.717, 1.165) is 4.31 Å². The van der Waals surface area contributed by atoms with Crippen molar-refractivity contribution in [3.63, 3.8) is 0 Å². The maximum absolute atomic E-state index is 12.4. The number of hydrogen-bond donors (Lipinski definition) is 1. The van der Waals surface area contributed by atoms with E-state index in [9.17, 15) is 18.0 Å². The van der Waals surface area contributed by atoms with Crippen molar-refractivity contribution in [2.75, 3.05) is 25.5 Å². The SMILES string of the molecule is CCN(CC(=O)OC)S(=O)(=O)c1ccc(NC(C)=O)cc1. The second kappa shape index (κ2) is 7.19. The normalized spacial score (nSPS) is 11.2. The Morgan fingerprint density at radius 3 is 2.24 bits per heavy atom. The summed E-state index contributed by atoms with van der Waals surface area (Å²) >= 11 is 0. The van der Waals surface area contributed by atoms with Crippen molar-refractivity contribution in [3.8, 4) is 0 Å². The fraction of sp³-hybridized carbons (Fsp3) is 0.385. The van der Waals surface area contributed by atoms with Crippen LogP contribution in [0.5, 0.6) is 0 Å². The van der Waals surface area contributed by atoms with Crippen LogP contribution >= 0.6 is 0 Å². The van der Waals surface area contributed by atoms with Crippen LogP contribution in [0.25, 0.3) is 0 Å². The van der Waals surface area contributed by atoms with Crippen LogP contribution in [-0.4, -0.2) is 44.8 Å². The van der Waals surface area contributed by atoms with Gasteiger partial charge in [0.05, 0.1) is 12.0 Å². The third kappa shape index (κ3) is 4.54. The lowest BCUT2D eigenvalue weighted by atomic mass is 10.3. The van der Waals surface area contributed by atoms with Gasteiger partial charge in [0.2, 0.25) is 15.9 Å². The Morgan fingerprint density at radius 2 is 1.81 bits per heavy atom. The molecule has 0 aliphatic carbocycles. The molecular weight excluding hydrogens is 296 g/mol. The predicted molar refractivity (Wildman–Crippen MR) is 77.2 cm³/mol. The minimum absolute atomic E-state index is 0.0438. The molecule has 0 saturated heterocycles. The van der Waals surface area contributed by atoms with Gasteiger partial charge in [-0.25, -0.2) is 8.42 Å². The van der Waals surface area contributed by atoms with Gasteiger partial charge >= 0.3 is 5.97 Å². The van der Waals surface area contributed by atoms with Crippen molar-refractivity contribution in [1.82, 2.24) is 4.31 Å². The van der Waals surface area contributed by atoms with Crippen molar-refractivity contribution in [2.45, 2.75) is 18.7 Å². The lowest BCUT2D eigenvalue weighted by Gasteiger charge is -2.19. The summed E-state index contributed by atoms with van der Waals surface area (Å²) < 4.78 is 30.3. The van der Waals surface area contributed by atoms with Crippen LogP contribution in [0.15, 0.2) is 29.2 Å². The number of benzene rings is 1. The molecule has 0 aliphatic heterocycles. The van der Waals surface area contributed by atoms with E-state index < -0.39 is 16.0 Å². The Morgan fingerprint density at radius 1 is 1.24 bits per heavy atom. The van der Waals surface area contributed by atoms with Gasteiger partial charge in [-0.3, -0.25) is 9.59 Å². The standard InChI is InChI=1S/C13H18N2O5S/c1-4-15(9-13(17)20-3)21(18,19)12-7-5-11(6-8-12)14-10(2)16/h5-8H,4,9H2,1-3H3,(H,14,16). The van der Waals surface area contributed by atoms with Gasteiger partial charge in [-0.2, -0.15) is 4.31 Å². The molecule has 116 valence electrons. The zero-order chi connectivity index (χ0) is 16.0. The summed E-state index contributed by atoms with van der Waals surface area (Å²) in [6, 6.07) is 5.72. The van der Waals surface area contributed by atoms with Crippen molar-refractivity contribution in [3.05, 3.63) is 24.3 Å². The molecule has 0 fully saturated rings. The number of likely N-dealkylation sites (N-methyl/N-ethyl adjacent to an activating group) is 1. The summed E-state index contributed by atoms with van der Waals surface area (Å²) in [4.78, 5) is 22.2. The van der Waals surface area contributed by atoms with Crippen molar-refractivity contribution >= 4 is 27.6 Å². The second-order valence-corrected chi connectivity index (χ2v) is 6.15. The number of methoxy groups -OCH3 is 1. The quantitative estimate of drug-likeness (QED) is 0.785. The minimum Gasteiger partial charge on any atom is -0.468 e. The number of hydrogen-bond acceptors (Lipinski definition) is 5. The van der Waals surface area contributed by atoms with E-state index >= 15 is 0 Å². The lowest BCUT2D eigenvalue weighted by Crippen LogP contribution is -2.36. The zero-order valence-corrected chi connectivity index (χ0v) is 12.9. The van der Waals surface area contributed by atoms with E-state index in [0.29, 0.717) is 5.69 Å². The summed E-state index contributed by atoms with van der Waals surface area (Å²) in [5.41, 5.74) is 0.498. The third-order valence-electron chi connectivity index (χ3n) is 2.70. The Kier molecular flexibility index (Phi) is 5.86. The number of esters is 1. The molecule has 1 N–H and O–H groups in total. The van der Waals surface area contributed by atoms with Crippen LogP contribution in [0.1, 0.15) is 13.8 Å². The highest BCUT2D eigenvalue weighted by atomic mass is 32.2. The molecule has 0 aliphatic rings. The van der Waals surface area contributed by atoms with Crippen LogP contribution < -0.4 is 5.32 Å². The Labute approximate surface area is 123 Å². The van der Waals surface area contributed by atoms with Gasteiger partial charge in [-0.15, -0.1) is 0 Å². The third-order valence-corrected chi connectivity index (χ3v) is 4.63. The van der Waals surface area contributed by atoms with Gasteiger partial charge in [0, 0.05) is 19.2 Å². The smallest absolute Gasteiger partial charge is 0.321 e. The van der Waals surface area contributed by atoms with E-state index in [1.54, 1.807) is 6.92 Å². The maximum Gasteiger partial charge on any atom is 0.321 e. The number of amides is 1. The molecule has 1 amide bonds. The summed E-state index contributed by atoms with van der Waals surface area (Å²) in [6.07, 6.45) is 0. The number of anilines is 1. The molecule has 21 heavy (non-hydrogen) atoms. The Balaban J connectivity index is 3.00. The van der Waals surface area contributed by atoms with Gasteiger partial charge in [0.1, 0.15) is 6.54 Å². The minimum atomic E-state index is -3.78. The first-order valence-electron chi connectivity index (χ1n) is 6.26. The molecule has 0 unspecified atom stereocenters. The molecule has 0 saturated carbocycles. The first-order chi connectivity index (χ1) is 9.81. The number of carbonyl (C=O) groups excluding carboxylic acids is 2. The molecule has 0 aromatic heterocycles. The molecular formula is C13H18N2O5S. The highest BCUT2D eigenvalue weighted by molar-refractivity contribution is 7.89. The van der Waals surface area contributed by atoms with Gasteiger partial charge in [0.15, 0.2) is 0 Å². The van der Waals surface area contributed by atoms with E-state index in [-0.39, 0.29) is 23.9 Å². The molecule has 1 aromatic rings. The molecule has 0 spiro atoms. The van der Waals surface area contributed by atoms with Crippen LogP contribution in [0.3, 0.4) is 0 Å². The molecule has 0 radical (unpaired) electrons. The fourth-order valence-corrected chi connectivity index (χ4v) is 3.03. The number of nitrogens with zero attached hydrogens (tertiary/aromatic N) is 1. The summed E-state index contributed by atoms with van der Waals surface area (Å²) in [6.45, 7) is 2.79. The summed E-state index contributed by atoms with van der Waals surface area (Å²) in [7, 11) is -2.58. The molecule has 0 bridgehead atoms. The topological polar surface area (TPSA) is 92.8 Å². The van der Waals surface area contributed by atoms with E-state index in [1.165, 1.54) is 38.3 Å². The molecule has 0 atom stereocenters. The van der Waals surface area contributed by atoms with Gasteiger partial charge in [-0.1, -0.05) is 6.92 Å².